The number of carboxylic acid groups (broad SMARTS) is 1. The molecule has 5 nitrogen and oxygen atoms in total. The van der Waals surface area contributed by atoms with Gasteiger partial charge in [-0.3, -0.25) is 9.69 Å². The normalized spacial score (nSPS) is 15.4. The van der Waals surface area contributed by atoms with E-state index in [2.05, 4.69) is 0 Å². The van der Waals surface area contributed by atoms with Crippen molar-refractivity contribution in [2.45, 2.75) is 39.3 Å². The van der Waals surface area contributed by atoms with Crippen LogP contribution in [-0.2, 0) is 22.5 Å². The first-order valence-electron chi connectivity index (χ1n) is 7.04. The fourth-order valence-electron chi connectivity index (χ4n) is 2.44. The summed E-state index contributed by atoms with van der Waals surface area (Å²) in [5, 5.41) is 9.04. The fraction of sp³-hybridized carbons (Fsp3) is 0.500. The van der Waals surface area contributed by atoms with Crippen LogP contribution >= 0.6 is 0 Å². The Bertz CT molecular complexity index is 560. The topological polar surface area (TPSA) is 66.8 Å². The van der Waals surface area contributed by atoms with Crippen LogP contribution < -0.4 is 0 Å². The zero-order valence-corrected chi connectivity index (χ0v) is 12.7. The molecule has 0 saturated carbocycles. The minimum Gasteiger partial charge on any atom is -0.478 e. The third-order valence-corrected chi connectivity index (χ3v) is 3.32. The van der Waals surface area contributed by atoms with Crippen LogP contribution in [0.4, 0.5) is 0 Å². The minimum atomic E-state index is -0.929. The van der Waals surface area contributed by atoms with Crippen LogP contribution in [0.5, 0.6) is 0 Å². The zero-order chi connectivity index (χ0) is 15.6. The van der Waals surface area contributed by atoms with E-state index in [0.29, 0.717) is 6.54 Å². The average Bonchev–Trinajstić information content (AvgIpc) is 2.35. The number of carbonyl (C=O) groups is 2. The summed E-state index contributed by atoms with van der Waals surface area (Å²) >= 11 is 0. The van der Waals surface area contributed by atoms with E-state index in [0.717, 1.165) is 24.1 Å². The molecule has 1 aromatic rings. The Morgan fingerprint density at radius 3 is 2.62 bits per heavy atom. The molecule has 1 aromatic carbocycles. The molecule has 0 atom stereocenters. The smallest absolute Gasteiger partial charge is 0.335 e. The molecule has 1 N–H and O–H groups in total. The van der Waals surface area contributed by atoms with Crippen molar-refractivity contribution in [1.29, 1.82) is 0 Å². The van der Waals surface area contributed by atoms with Crippen LogP contribution in [0.25, 0.3) is 0 Å². The molecule has 0 saturated heterocycles. The number of hydrogen-bond donors (Lipinski definition) is 1. The van der Waals surface area contributed by atoms with Gasteiger partial charge >= 0.3 is 11.9 Å². The number of carboxylic acids is 1. The number of ether oxygens (including phenoxy) is 1. The van der Waals surface area contributed by atoms with E-state index in [4.69, 9.17) is 9.84 Å². The largest absolute Gasteiger partial charge is 0.478 e. The highest BCUT2D eigenvalue weighted by molar-refractivity contribution is 5.87. The predicted molar refractivity (Wildman–Crippen MR) is 78.2 cm³/mol. The molecule has 0 spiro atoms. The van der Waals surface area contributed by atoms with Crippen LogP contribution in [-0.4, -0.2) is 40.6 Å². The summed E-state index contributed by atoms with van der Waals surface area (Å²) in [5.41, 5.74) is 1.93. The van der Waals surface area contributed by atoms with Crippen LogP contribution in [0.15, 0.2) is 18.2 Å². The number of fused-ring (bicyclic) bond motifs is 1. The summed E-state index contributed by atoms with van der Waals surface area (Å²) in [6, 6.07) is 5.19. The molecule has 0 radical (unpaired) electrons. The Kier molecular flexibility index (Phi) is 4.32. The van der Waals surface area contributed by atoms with E-state index in [9.17, 15) is 9.59 Å². The Balaban J connectivity index is 2.03. The van der Waals surface area contributed by atoms with Crippen LogP contribution in [0.3, 0.4) is 0 Å². The zero-order valence-electron chi connectivity index (χ0n) is 12.7. The first kappa shape index (κ1) is 15.5. The summed E-state index contributed by atoms with van der Waals surface area (Å²) in [6.45, 7) is 7.11. The minimum absolute atomic E-state index is 0.230. The number of hydrogen-bond acceptors (Lipinski definition) is 4. The van der Waals surface area contributed by atoms with Crippen molar-refractivity contribution in [3.63, 3.8) is 0 Å². The van der Waals surface area contributed by atoms with Crippen molar-refractivity contribution in [3.8, 4) is 0 Å². The molecule has 0 aromatic heterocycles. The third-order valence-electron chi connectivity index (χ3n) is 3.32. The second kappa shape index (κ2) is 5.85. The number of aromatic carboxylic acids is 1. The second-order valence-electron chi connectivity index (χ2n) is 6.34. The molecule has 21 heavy (non-hydrogen) atoms. The molecule has 0 fully saturated rings. The lowest BCUT2D eigenvalue weighted by atomic mass is 9.97. The molecular weight excluding hydrogens is 270 g/mol. The molecular formula is C16H21NO4. The lowest BCUT2D eigenvalue weighted by molar-refractivity contribution is -0.156. The molecule has 0 bridgehead atoms. The lowest BCUT2D eigenvalue weighted by Crippen LogP contribution is -2.38. The van der Waals surface area contributed by atoms with E-state index in [1.807, 2.05) is 31.7 Å². The van der Waals surface area contributed by atoms with E-state index >= 15 is 0 Å². The van der Waals surface area contributed by atoms with Crippen molar-refractivity contribution in [2.75, 3.05) is 13.1 Å². The van der Waals surface area contributed by atoms with Gasteiger partial charge in [-0.05, 0) is 50.5 Å². The van der Waals surface area contributed by atoms with Gasteiger partial charge in [0.2, 0.25) is 0 Å². The van der Waals surface area contributed by atoms with Gasteiger partial charge in [0.1, 0.15) is 5.60 Å². The number of esters is 1. The van der Waals surface area contributed by atoms with Crippen molar-refractivity contribution in [1.82, 2.24) is 4.90 Å². The Morgan fingerprint density at radius 2 is 2.00 bits per heavy atom. The maximum atomic E-state index is 11.9. The molecule has 114 valence electrons. The maximum Gasteiger partial charge on any atom is 0.335 e. The average molecular weight is 291 g/mol. The van der Waals surface area contributed by atoms with Crippen LogP contribution in [0, 0.1) is 0 Å². The lowest BCUT2D eigenvalue weighted by Gasteiger charge is -2.29. The standard InChI is InChI=1S/C16H21NO4/c1-16(2,3)21-14(18)10-17-7-6-11-4-5-12(15(19)20)8-13(11)9-17/h4-5,8H,6-7,9-10H2,1-3H3,(H,19,20). The number of nitrogens with zero attached hydrogens (tertiary/aromatic N) is 1. The van der Waals surface area contributed by atoms with Gasteiger partial charge in [0.05, 0.1) is 12.1 Å². The number of rotatable bonds is 3. The SMILES string of the molecule is CC(C)(C)OC(=O)CN1CCc2ccc(C(=O)O)cc2C1. The molecule has 5 heteroatoms. The first-order chi connectivity index (χ1) is 9.74. The Hall–Kier alpha value is -1.88. The van der Waals surface area contributed by atoms with Crippen LogP contribution in [0.1, 0.15) is 42.3 Å². The molecule has 0 unspecified atom stereocenters. The highest BCUT2D eigenvalue weighted by atomic mass is 16.6. The molecule has 0 aliphatic carbocycles. The molecule has 0 amide bonds. The van der Waals surface area contributed by atoms with Crippen molar-refractivity contribution in [2.24, 2.45) is 0 Å². The number of benzene rings is 1. The first-order valence-corrected chi connectivity index (χ1v) is 7.04. The van der Waals surface area contributed by atoms with Gasteiger partial charge in [0.25, 0.3) is 0 Å². The molecule has 1 aliphatic rings. The maximum absolute atomic E-state index is 11.9. The second-order valence-corrected chi connectivity index (χ2v) is 6.34. The van der Waals surface area contributed by atoms with Gasteiger partial charge in [-0.15, -0.1) is 0 Å². The fourth-order valence-corrected chi connectivity index (χ4v) is 2.44. The summed E-state index contributed by atoms with van der Waals surface area (Å²) in [6.07, 6.45) is 0.817. The third kappa shape index (κ3) is 4.29. The summed E-state index contributed by atoms with van der Waals surface area (Å²) in [7, 11) is 0. The van der Waals surface area contributed by atoms with Gasteiger partial charge in [-0.25, -0.2) is 4.79 Å². The van der Waals surface area contributed by atoms with Gasteiger partial charge in [-0.1, -0.05) is 6.07 Å². The summed E-state index contributed by atoms with van der Waals surface area (Å²) in [4.78, 5) is 24.9. The van der Waals surface area contributed by atoms with Gasteiger partial charge in [0, 0.05) is 13.1 Å². The highest BCUT2D eigenvalue weighted by Gasteiger charge is 2.22. The van der Waals surface area contributed by atoms with E-state index < -0.39 is 11.6 Å². The predicted octanol–water partition coefficient (Wildman–Crippen LogP) is 2.08. The van der Waals surface area contributed by atoms with Crippen LogP contribution in [0.2, 0.25) is 0 Å². The molecule has 2 rings (SSSR count). The Labute approximate surface area is 124 Å². The Morgan fingerprint density at radius 1 is 1.29 bits per heavy atom. The number of carbonyl (C=O) groups excluding carboxylic acids is 1. The summed E-state index contributed by atoms with van der Waals surface area (Å²) in [5.74, 6) is -1.18. The van der Waals surface area contributed by atoms with Crippen molar-refractivity contribution in [3.05, 3.63) is 34.9 Å². The van der Waals surface area contributed by atoms with Crippen molar-refractivity contribution >= 4 is 11.9 Å². The van der Waals surface area contributed by atoms with Gasteiger partial charge < -0.3 is 9.84 Å². The highest BCUT2D eigenvalue weighted by Crippen LogP contribution is 2.20. The van der Waals surface area contributed by atoms with Crippen molar-refractivity contribution < 1.29 is 19.4 Å². The van der Waals surface area contributed by atoms with E-state index in [1.54, 1.807) is 12.1 Å². The molecule has 1 heterocycles. The summed E-state index contributed by atoms with van der Waals surface area (Å²) < 4.78 is 5.32. The molecule has 1 aliphatic heterocycles. The van der Waals surface area contributed by atoms with Gasteiger partial charge in [0.15, 0.2) is 0 Å². The van der Waals surface area contributed by atoms with E-state index in [-0.39, 0.29) is 18.1 Å². The quantitative estimate of drug-likeness (QED) is 0.864. The van der Waals surface area contributed by atoms with Gasteiger partial charge in [-0.2, -0.15) is 0 Å². The van der Waals surface area contributed by atoms with E-state index in [1.165, 1.54) is 0 Å². The monoisotopic (exact) mass is 291 g/mol.